The van der Waals surface area contributed by atoms with E-state index in [-0.39, 0.29) is 30.8 Å². The normalized spacial score (nSPS) is 20.7. The van der Waals surface area contributed by atoms with Crippen LogP contribution in [-0.2, 0) is 0 Å². The number of hydrogen-bond acceptors (Lipinski definition) is 5. The third-order valence-corrected chi connectivity index (χ3v) is 6.61. The van der Waals surface area contributed by atoms with E-state index >= 15 is 4.39 Å². The Kier molecular flexibility index (Phi) is 6.03. The summed E-state index contributed by atoms with van der Waals surface area (Å²) in [5.41, 5.74) is 0.660. The van der Waals surface area contributed by atoms with Gasteiger partial charge in [-0.15, -0.1) is 0 Å². The van der Waals surface area contributed by atoms with Crippen molar-refractivity contribution < 1.29 is 19.0 Å². The molecule has 0 saturated heterocycles. The SMILES string of the molecule is CC[C@H]1C/C=C/COc2c(F)cccc2[C@H](c2ccccc2)N2CN1C(=O)c1c(O)c(=O)ccn12. The van der Waals surface area contributed by atoms with Gasteiger partial charge in [-0.1, -0.05) is 61.5 Å². The summed E-state index contributed by atoms with van der Waals surface area (Å²) in [5, 5.41) is 12.6. The van der Waals surface area contributed by atoms with Crippen molar-refractivity contribution >= 4 is 5.91 Å². The maximum Gasteiger partial charge on any atom is 0.278 e. The summed E-state index contributed by atoms with van der Waals surface area (Å²) >= 11 is 0. The van der Waals surface area contributed by atoms with Crippen LogP contribution in [-0.4, -0.2) is 39.9 Å². The maximum atomic E-state index is 15.1. The van der Waals surface area contributed by atoms with Crippen molar-refractivity contribution in [3.63, 3.8) is 0 Å². The van der Waals surface area contributed by atoms with E-state index < -0.39 is 28.9 Å². The molecule has 2 aliphatic heterocycles. The molecule has 2 aromatic carbocycles. The van der Waals surface area contributed by atoms with Gasteiger partial charge >= 0.3 is 0 Å². The predicted molar refractivity (Wildman–Crippen MR) is 130 cm³/mol. The molecule has 0 aliphatic carbocycles. The Hall–Kier alpha value is -4.07. The number of amides is 1. The highest BCUT2D eigenvalue weighted by molar-refractivity contribution is 5.96. The molecule has 7 nitrogen and oxygen atoms in total. The van der Waals surface area contributed by atoms with Gasteiger partial charge in [0.15, 0.2) is 23.0 Å². The molecule has 35 heavy (non-hydrogen) atoms. The first-order valence-corrected chi connectivity index (χ1v) is 11.6. The van der Waals surface area contributed by atoms with Crippen LogP contribution in [0.15, 0.2) is 77.7 Å². The Morgan fingerprint density at radius 2 is 1.86 bits per heavy atom. The average Bonchev–Trinajstić information content (AvgIpc) is 2.86. The van der Waals surface area contributed by atoms with Crippen LogP contribution >= 0.6 is 0 Å². The first kappa shape index (κ1) is 22.7. The number of carbonyl (C=O) groups excluding carboxylic acids is 1. The number of ether oxygens (including phenoxy) is 1. The summed E-state index contributed by atoms with van der Waals surface area (Å²) < 4.78 is 22.5. The van der Waals surface area contributed by atoms with E-state index in [4.69, 9.17) is 4.74 Å². The van der Waals surface area contributed by atoms with Gasteiger partial charge in [0.1, 0.15) is 19.3 Å². The summed E-state index contributed by atoms with van der Waals surface area (Å²) in [4.78, 5) is 27.6. The number of fused-ring (bicyclic) bond motifs is 5. The zero-order valence-electron chi connectivity index (χ0n) is 19.3. The first-order valence-electron chi connectivity index (χ1n) is 11.6. The monoisotopic (exact) mass is 475 g/mol. The smallest absolute Gasteiger partial charge is 0.278 e. The van der Waals surface area contributed by atoms with Gasteiger partial charge in [0.2, 0.25) is 5.43 Å². The number of aromatic hydroxyl groups is 1. The third kappa shape index (κ3) is 3.95. The number of benzene rings is 2. The molecular weight excluding hydrogens is 449 g/mol. The Morgan fingerprint density at radius 3 is 2.63 bits per heavy atom. The van der Waals surface area contributed by atoms with Crippen LogP contribution in [0.5, 0.6) is 11.5 Å². The van der Waals surface area contributed by atoms with Crippen molar-refractivity contribution in [1.29, 1.82) is 0 Å². The van der Waals surface area contributed by atoms with Crippen molar-refractivity contribution in [3.8, 4) is 11.5 Å². The van der Waals surface area contributed by atoms with Gasteiger partial charge in [0, 0.05) is 23.9 Å². The Balaban J connectivity index is 1.82. The highest BCUT2D eigenvalue weighted by Gasteiger charge is 2.39. The summed E-state index contributed by atoms with van der Waals surface area (Å²) in [6.45, 7) is 2.34. The molecule has 1 aromatic heterocycles. The predicted octanol–water partition coefficient (Wildman–Crippen LogP) is 3.95. The van der Waals surface area contributed by atoms with Crippen molar-refractivity contribution in [2.45, 2.75) is 31.8 Å². The van der Waals surface area contributed by atoms with Gasteiger partial charge in [-0.3, -0.25) is 19.3 Å². The van der Waals surface area contributed by atoms with Crippen LogP contribution in [0.25, 0.3) is 0 Å². The number of pyridine rings is 1. The second kappa shape index (κ2) is 9.29. The number of para-hydroxylation sites is 1. The van der Waals surface area contributed by atoms with Gasteiger partial charge in [-0.05, 0) is 24.5 Å². The Labute approximate surface area is 202 Å². The fraction of sp³-hybridized carbons (Fsp3) is 0.259. The molecule has 0 fully saturated rings. The number of nitrogens with zero attached hydrogens (tertiary/aromatic N) is 3. The highest BCUT2D eigenvalue weighted by Crippen LogP contribution is 2.38. The molecule has 3 aromatic rings. The first-order chi connectivity index (χ1) is 17.0. The van der Waals surface area contributed by atoms with Crippen LogP contribution < -0.4 is 15.2 Å². The summed E-state index contributed by atoms with van der Waals surface area (Å²) in [5.74, 6) is -1.40. The molecule has 8 heteroatoms. The Bertz CT molecular complexity index is 1340. The van der Waals surface area contributed by atoms with Gasteiger partial charge in [0.05, 0.1) is 0 Å². The van der Waals surface area contributed by atoms with Crippen LogP contribution in [0, 0.1) is 5.82 Å². The average molecular weight is 476 g/mol. The van der Waals surface area contributed by atoms with E-state index in [9.17, 15) is 14.7 Å². The molecule has 2 bridgehead atoms. The number of hydrogen-bond donors (Lipinski definition) is 1. The Morgan fingerprint density at radius 1 is 1.06 bits per heavy atom. The van der Waals surface area contributed by atoms with Crippen LogP contribution in [0.2, 0.25) is 0 Å². The van der Waals surface area contributed by atoms with E-state index in [0.29, 0.717) is 18.4 Å². The minimum atomic E-state index is -0.633. The molecule has 3 heterocycles. The van der Waals surface area contributed by atoms with Crippen molar-refractivity contribution in [3.05, 3.63) is 106 Å². The fourth-order valence-electron chi connectivity index (χ4n) is 4.85. The minimum Gasteiger partial charge on any atom is -0.502 e. The quantitative estimate of drug-likeness (QED) is 0.568. The van der Waals surface area contributed by atoms with Crippen molar-refractivity contribution in [1.82, 2.24) is 9.58 Å². The molecule has 1 amide bonds. The van der Waals surface area contributed by atoms with E-state index in [1.807, 2.05) is 54.4 Å². The molecule has 1 N–H and O–H groups in total. The zero-order chi connectivity index (χ0) is 24.5. The number of rotatable bonds is 2. The topological polar surface area (TPSA) is 75.0 Å². The lowest BCUT2D eigenvalue weighted by molar-refractivity contribution is 0.0584. The molecule has 0 radical (unpaired) electrons. The summed E-state index contributed by atoms with van der Waals surface area (Å²) in [6, 6.07) is 14.8. The number of carbonyl (C=O) groups is 1. The summed E-state index contributed by atoms with van der Waals surface area (Å²) in [7, 11) is 0. The van der Waals surface area contributed by atoms with Gasteiger partial charge in [-0.25, -0.2) is 4.39 Å². The van der Waals surface area contributed by atoms with Crippen LogP contribution in [0.1, 0.15) is 47.4 Å². The number of halogens is 1. The van der Waals surface area contributed by atoms with Gasteiger partial charge in [-0.2, -0.15) is 0 Å². The van der Waals surface area contributed by atoms with E-state index in [1.165, 1.54) is 23.0 Å². The molecular formula is C27H26FN3O4. The van der Waals surface area contributed by atoms with Crippen LogP contribution in [0.4, 0.5) is 4.39 Å². The minimum absolute atomic E-state index is 0.108. The lowest BCUT2D eigenvalue weighted by Crippen LogP contribution is -2.58. The second-order valence-electron chi connectivity index (χ2n) is 8.63. The lowest BCUT2D eigenvalue weighted by Gasteiger charge is -2.46. The molecule has 2 atom stereocenters. The van der Waals surface area contributed by atoms with E-state index in [2.05, 4.69) is 0 Å². The molecule has 180 valence electrons. The van der Waals surface area contributed by atoms with Crippen molar-refractivity contribution in [2.24, 2.45) is 0 Å². The summed E-state index contributed by atoms with van der Waals surface area (Å²) in [6.07, 6.45) is 6.44. The fourth-order valence-corrected chi connectivity index (χ4v) is 4.85. The zero-order valence-corrected chi connectivity index (χ0v) is 19.3. The molecule has 0 spiro atoms. The standard InChI is InChI=1S/C27H26FN3O4/c1-2-19-11-6-7-16-35-26-20(12-8-13-21(26)28)23(18-9-4-3-5-10-18)31-17-29(19)27(34)24-25(33)22(32)14-15-30(24)31/h3-10,12-15,19,23,33H,2,11,16-17H2,1H3/b7-6+/t19-,23-/m0/s1. The van der Waals surface area contributed by atoms with Crippen LogP contribution in [0.3, 0.4) is 0 Å². The molecule has 2 aliphatic rings. The second-order valence-corrected chi connectivity index (χ2v) is 8.63. The lowest BCUT2D eigenvalue weighted by atomic mass is 9.96. The van der Waals surface area contributed by atoms with Crippen molar-refractivity contribution in [2.75, 3.05) is 18.3 Å². The molecule has 5 rings (SSSR count). The van der Waals surface area contributed by atoms with Gasteiger partial charge in [0.25, 0.3) is 5.91 Å². The van der Waals surface area contributed by atoms with Gasteiger partial charge < -0.3 is 14.7 Å². The largest absolute Gasteiger partial charge is 0.502 e. The molecule has 0 unspecified atom stereocenters. The van der Waals surface area contributed by atoms with E-state index in [1.54, 1.807) is 17.0 Å². The molecule has 0 saturated carbocycles. The maximum absolute atomic E-state index is 15.1. The highest BCUT2D eigenvalue weighted by atomic mass is 19.1. The third-order valence-electron chi connectivity index (χ3n) is 6.61. The van der Waals surface area contributed by atoms with E-state index in [0.717, 1.165) is 5.56 Å². The number of aromatic nitrogens is 1.